The van der Waals surface area contributed by atoms with Crippen LogP contribution in [0.25, 0.3) is 0 Å². The molecule has 0 aromatic heterocycles. The lowest BCUT2D eigenvalue weighted by Crippen LogP contribution is -2.26. The SMILES string of the molecule is COCCN(C)CC(=O)Cl. The Balaban J connectivity index is 3.25. The predicted octanol–water partition coefficient (Wildman–Crippen LogP) is 0.330. The van der Waals surface area contributed by atoms with Crippen molar-refractivity contribution in [1.29, 1.82) is 0 Å². The van der Waals surface area contributed by atoms with Crippen molar-refractivity contribution in [3.8, 4) is 0 Å². The number of methoxy groups -OCH3 is 1. The third kappa shape index (κ3) is 6.01. The van der Waals surface area contributed by atoms with Gasteiger partial charge in [0.05, 0.1) is 13.2 Å². The third-order valence-electron chi connectivity index (χ3n) is 1.07. The van der Waals surface area contributed by atoms with Crippen molar-refractivity contribution in [3.63, 3.8) is 0 Å². The van der Waals surface area contributed by atoms with Gasteiger partial charge in [-0.3, -0.25) is 9.69 Å². The number of halogens is 1. The molecule has 0 aliphatic heterocycles. The molecule has 60 valence electrons. The monoisotopic (exact) mass is 165 g/mol. The topological polar surface area (TPSA) is 29.5 Å². The lowest BCUT2D eigenvalue weighted by Gasteiger charge is -2.12. The van der Waals surface area contributed by atoms with E-state index in [1.54, 1.807) is 12.0 Å². The average Bonchev–Trinajstić information content (AvgIpc) is 1.82. The Bertz CT molecular complexity index is 108. The largest absolute Gasteiger partial charge is 0.383 e. The highest BCUT2D eigenvalue weighted by atomic mass is 35.5. The van der Waals surface area contributed by atoms with Gasteiger partial charge in [0.25, 0.3) is 0 Å². The van der Waals surface area contributed by atoms with E-state index in [0.29, 0.717) is 6.61 Å². The fraction of sp³-hybridized carbons (Fsp3) is 0.833. The van der Waals surface area contributed by atoms with Crippen molar-refractivity contribution in [3.05, 3.63) is 0 Å². The summed E-state index contributed by atoms with van der Waals surface area (Å²) in [6.07, 6.45) is 0. The van der Waals surface area contributed by atoms with E-state index in [1.165, 1.54) is 0 Å². The molecule has 0 aliphatic carbocycles. The summed E-state index contributed by atoms with van der Waals surface area (Å²) >= 11 is 5.13. The quantitative estimate of drug-likeness (QED) is 0.550. The molecule has 0 bridgehead atoms. The van der Waals surface area contributed by atoms with Crippen LogP contribution in [0.5, 0.6) is 0 Å². The van der Waals surface area contributed by atoms with Crippen LogP contribution >= 0.6 is 11.6 Å². The minimum absolute atomic E-state index is 0.283. The Morgan fingerprint density at radius 1 is 1.70 bits per heavy atom. The van der Waals surface area contributed by atoms with Crippen LogP contribution < -0.4 is 0 Å². The number of carbonyl (C=O) groups is 1. The molecule has 0 radical (unpaired) electrons. The van der Waals surface area contributed by atoms with E-state index in [2.05, 4.69) is 0 Å². The standard InChI is InChI=1S/C6H12ClNO2/c1-8(3-4-10-2)5-6(7)9/h3-5H2,1-2H3. The van der Waals surface area contributed by atoms with Crippen LogP contribution in [0.4, 0.5) is 0 Å². The molecule has 4 heteroatoms. The third-order valence-corrected chi connectivity index (χ3v) is 1.19. The Labute approximate surface area is 65.9 Å². The first-order valence-corrected chi connectivity index (χ1v) is 3.40. The highest BCUT2D eigenvalue weighted by Gasteiger charge is 2.01. The van der Waals surface area contributed by atoms with Crippen molar-refractivity contribution in [2.45, 2.75) is 0 Å². The van der Waals surface area contributed by atoms with Crippen LogP contribution in [-0.4, -0.2) is 44.0 Å². The lowest BCUT2D eigenvalue weighted by atomic mass is 10.5. The van der Waals surface area contributed by atoms with Crippen molar-refractivity contribution in [2.75, 3.05) is 33.9 Å². The van der Waals surface area contributed by atoms with Crippen LogP contribution in [0, 0.1) is 0 Å². The maximum Gasteiger partial charge on any atom is 0.235 e. The van der Waals surface area contributed by atoms with Crippen molar-refractivity contribution >= 4 is 16.8 Å². The Morgan fingerprint density at radius 3 is 2.70 bits per heavy atom. The molecule has 0 atom stereocenters. The number of nitrogens with zero attached hydrogens (tertiary/aromatic N) is 1. The van der Waals surface area contributed by atoms with Gasteiger partial charge in [-0.05, 0) is 18.6 Å². The number of carbonyl (C=O) groups excluding carboxylic acids is 1. The second-order valence-electron chi connectivity index (χ2n) is 2.09. The summed E-state index contributed by atoms with van der Waals surface area (Å²) < 4.78 is 4.80. The molecule has 0 saturated carbocycles. The molecular weight excluding hydrogens is 154 g/mol. The van der Waals surface area contributed by atoms with Crippen molar-refractivity contribution in [2.24, 2.45) is 0 Å². The van der Waals surface area contributed by atoms with E-state index in [0.717, 1.165) is 6.54 Å². The molecule has 0 aromatic carbocycles. The highest BCUT2D eigenvalue weighted by molar-refractivity contribution is 6.64. The van der Waals surface area contributed by atoms with Gasteiger partial charge >= 0.3 is 0 Å². The zero-order valence-electron chi connectivity index (χ0n) is 6.26. The van der Waals surface area contributed by atoms with E-state index < -0.39 is 0 Å². The first-order valence-electron chi connectivity index (χ1n) is 3.02. The summed E-state index contributed by atoms with van der Waals surface area (Å²) in [6, 6.07) is 0. The van der Waals surface area contributed by atoms with Gasteiger partial charge in [-0.2, -0.15) is 0 Å². The molecule has 0 fully saturated rings. The Hall–Kier alpha value is -0.120. The normalized spacial score (nSPS) is 10.4. The zero-order valence-corrected chi connectivity index (χ0v) is 7.02. The molecule has 10 heavy (non-hydrogen) atoms. The molecule has 0 heterocycles. The van der Waals surface area contributed by atoms with E-state index in [-0.39, 0.29) is 11.8 Å². The van der Waals surface area contributed by atoms with Gasteiger partial charge in [0.1, 0.15) is 0 Å². The second-order valence-corrected chi connectivity index (χ2v) is 2.51. The molecule has 0 saturated heterocycles. The molecule has 0 amide bonds. The van der Waals surface area contributed by atoms with Gasteiger partial charge in [0.2, 0.25) is 5.24 Å². The van der Waals surface area contributed by atoms with Gasteiger partial charge in [0, 0.05) is 13.7 Å². The summed E-state index contributed by atoms with van der Waals surface area (Å²) in [4.78, 5) is 12.1. The smallest absolute Gasteiger partial charge is 0.235 e. The first kappa shape index (κ1) is 9.88. The molecule has 0 unspecified atom stereocenters. The molecule has 0 N–H and O–H groups in total. The fourth-order valence-electron chi connectivity index (χ4n) is 0.538. The van der Waals surface area contributed by atoms with E-state index in [4.69, 9.17) is 16.3 Å². The summed E-state index contributed by atoms with van der Waals surface area (Å²) in [5, 5.41) is -0.335. The Kier molecular flexibility index (Phi) is 5.58. The number of rotatable bonds is 5. The zero-order chi connectivity index (χ0) is 7.98. The summed E-state index contributed by atoms with van der Waals surface area (Å²) in [5.41, 5.74) is 0. The van der Waals surface area contributed by atoms with Crippen LogP contribution in [-0.2, 0) is 9.53 Å². The number of hydrogen-bond acceptors (Lipinski definition) is 3. The van der Waals surface area contributed by atoms with Gasteiger partial charge < -0.3 is 4.74 Å². The van der Waals surface area contributed by atoms with Crippen LogP contribution in [0.15, 0.2) is 0 Å². The number of ether oxygens (including phenoxy) is 1. The minimum atomic E-state index is -0.335. The van der Waals surface area contributed by atoms with Gasteiger partial charge in [-0.1, -0.05) is 0 Å². The van der Waals surface area contributed by atoms with E-state index in [9.17, 15) is 4.79 Å². The van der Waals surface area contributed by atoms with Gasteiger partial charge in [-0.25, -0.2) is 0 Å². The van der Waals surface area contributed by atoms with Gasteiger partial charge in [-0.15, -0.1) is 0 Å². The van der Waals surface area contributed by atoms with Crippen molar-refractivity contribution < 1.29 is 9.53 Å². The maximum absolute atomic E-state index is 10.3. The van der Waals surface area contributed by atoms with Crippen LogP contribution in [0.1, 0.15) is 0 Å². The summed E-state index contributed by atoms with van der Waals surface area (Å²) in [5.74, 6) is 0. The van der Waals surface area contributed by atoms with E-state index >= 15 is 0 Å². The second kappa shape index (κ2) is 5.65. The molecule has 3 nitrogen and oxygen atoms in total. The molecule has 0 spiro atoms. The Morgan fingerprint density at radius 2 is 2.30 bits per heavy atom. The summed E-state index contributed by atoms with van der Waals surface area (Å²) in [7, 11) is 3.44. The molecule has 0 aromatic rings. The lowest BCUT2D eigenvalue weighted by molar-refractivity contribution is -0.112. The summed E-state index contributed by atoms with van der Waals surface area (Å²) in [6.45, 7) is 1.64. The number of likely N-dealkylation sites (N-methyl/N-ethyl adjacent to an activating group) is 1. The molecule has 0 aliphatic rings. The van der Waals surface area contributed by atoms with Crippen LogP contribution in [0.3, 0.4) is 0 Å². The van der Waals surface area contributed by atoms with E-state index in [1.807, 2.05) is 7.05 Å². The number of hydrogen-bond donors (Lipinski definition) is 0. The highest BCUT2D eigenvalue weighted by Crippen LogP contribution is 1.86. The maximum atomic E-state index is 10.3. The predicted molar refractivity (Wildman–Crippen MR) is 40.2 cm³/mol. The molecular formula is C6H12ClNO2. The minimum Gasteiger partial charge on any atom is -0.383 e. The first-order chi connectivity index (χ1) is 4.66. The fourth-order valence-corrected chi connectivity index (χ4v) is 0.742. The average molecular weight is 166 g/mol. The molecule has 0 rings (SSSR count). The van der Waals surface area contributed by atoms with Gasteiger partial charge in [0.15, 0.2) is 0 Å². The van der Waals surface area contributed by atoms with Crippen molar-refractivity contribution in [1.82, 2.24) is 4.90 Å². The van der Waals surface area contributed by atoms with Crippen LogP contribution in [0.2, 0.25) is 0 Å².